The zero-order valence-electron chi connectivity index (χ0n) is 9.71. The van der Waals surface area contributed by atoms with Crippen molar-refractivity contribution in [1.29, 1.82) is 0 Å². The van der Waals surface area contributed by atoms with Gasteiger partial charge in [-0.05, 0) is 45.8 Å². The Bertz CT molecular complexity index is 599. The van der Waals surface area contributed by atoms with E-state index in [-0.39, 0.29) is 24.7 Å². The number of aliphatic hydroxyl groups excluding tert-OH is 1. The van der Waals surface area contributed by atoms with Crippen molar-refractivity contribution < 1.29 is 14.8 Å². The van der Waals surface area contributed by atoms with Crippen molar-refractivity contribution in [3.8, 4) is 5.75 Å². The predicted octanol–water partition coefficient (Wildman–Crippen LogP) is 3.49. The third-order valence-corrected chi connectivity index (χ3v) is 4.00. The Hall–Kier alpha value is -1.44. The van der Waals surface area contributed by atoms with E-state index in [0.717, 1.165) is 8.66 Å². The quantitative estimate of drug-likeness (QED) is 0.666. The van der Waals surface area contributed by atoms with Gasteiger partial charge in [-0.1, -0.05) is 0 Å². The molecule has 0 bridgehead atoms. The van der Waals surface area contributed by atoms with Gasteiger partial charge in [-0.15, -0.1) is 11.3 Å². The number of hydrogen-bond donors (Lipinski definition) is 1. The topological polar surface area (TPSA) is 72.6 Å². The van der Waals surface area contributed by atoms with Gasteiger partial charge in [0.2, 0.25) is 0 Å². The first kappa shape index (κ1) is 14.0. The van der Waals surface area contributed by atoms with E-state index in [0.29, 0.717) is 5.56 Å². The van der Waals surface area contributed by atoms with Gasteiger partial charge in [0.1, 0.15) is 6.61 Å². The number of aliphatic hydroxyl groups is 1. The molecule has 0 saturated heterocycles. The van der Waals surface area contributed by atoms with E-state index < -0.39 is 4.92 Å². The van der Waals surface area contributed by atoms with E-state index in [9.17, 15) is 10.1 Å². The molecule has 0 aliphatic rings. The molecule has 7 heteroatoms. The summed E-state index contributed by atoms with van der Waals surface area (Å²) in [6, 6.07) is 8.11. The lowest BCUT2D eigenvalue weighted by Gasteiger charge is -2.06. The van der Waals surface area contributed by atoms with Crippen LogP contribution in [-0.4, -0.2) is 10.0 Å². The number of nitrogens with zero attached hydrogens (tertiary/aromatic N) is 1. The smallest absolute Gasteiger partial charge is 0.310 e. The lowest BCUT2D eigenvalue weighted by atomic mass is 10.2. The number of hydrogen-bond acceptors (Lipinski definition) is 5. The first-order valence-corrected chi connectivity index (χ1v) is 6.96. The van der Waals surface area contributed by atoms with Gasteiger partial charge in [-0.25, -0.2) is 0 Å². The van der Waals surface area contributed by atoms with E-state index in [1.807, 2.05) is 12.1 Å². The lowest BCUT2D eigenvalue weighted by molar-refractivity contribution is -0.386. The van der Waals surface area contributed by atoms with Gasteiger partial charge in [0.25, 0.3) is 0 Å². The fourth-order valence-corrected chi connectivity index (χ4v) is 2.90. The van der Waals surface area contributed by atoms with Crippen LogP contribution in [0.1, 0.15) is 10.4 Å². The van der Waals surface area contributed by atoms with E-state index in [1.165, 1.54) is 29.5 Å². The maximum absolute atomic E-state index is 10.9. The Morgan fingerprint density at radius 3 is 2.74 bits per heavy atom. The average Bonchev–Trinajstić information content (AvgIpc) is 2.81. The zero-order chi connectivity index (χ0) is 13.8. The maximum Gasteiger partial charge on any atom is 0.310 e. The van der Waals surface area contributed by atoms with Crippen LogP contribution in [-0.2, 0) is 13.2 Å². The number of nitro benzene ring substituents is 1. The number of rotatable bonds is 5. The molecule has 1 heterocycles. The molecule has 0 aliphatic heterocycles. The second kappa shape index (κ2) is 6.14. The summed E-state index contributed by atoms with van der Waals surface area (Å²) in [6.07, 6.45) is 0. The number of ether oxygens (including phenoxy) is 1. The van der Waals surface area contributed by atoms with Crippen molar-refractivity contribution in [1.82, 2.24) is 0 Å². The standard InChI is InChI=1S/C12H10BrNO4S/c13-12-4-2-9(19-12)7-18-11-5-8(6-15)1-3-10(11)14(16)17/h1-5,15H,6-7H2. The molecule has 5 nitrogen and oxygen atoms in total. The summed E-state index contributed by atoms with van der Waals surface area (Å²) in [5.41, 5.74) is 0.473. The lowest BCUT2D eigenvalue weighted by Crippen LogP contribution is -1.99. The fraction of sp³-hybridized carbons (Fsp3) is 0.167. The van der Waals surface area contributed by atoms with E-state index in [4.69, 9.17) is 9.84 Å². The van der Waals surface area contributed by atoms with Crippen LogP contribution in [0.25, 0.3) is 0 Å². The number of benzene rings is 1. The summed E-state index contributed by atoms with van der Waals surface area (Å²) in [5, 5.41) is 19.9. The van der Waals surface area contributed by atoms with Crippen LogP contribution >= 0.6 is 27.3 Å². The van der Waals surface area contributed by atoms with Crippen LogP contribution in [0.3, 0.4) is 0 Å². The number of halogens is 1. The largest absolute Gasteiger partial charge is 0.481 e. The summed E-state index contributed by atoms with van der Waals surface area (Å²) in [5.74, 6) is 0.168. The molecule has 2 rings (SSSR count). The van der Waals surface area contributed by atoms with Crippen molar-refractivity contribution in [2.24, 2.45) is 0 Å². The van der Waals surface area contributed by atoms with Crippen LogP contribution in [0.2, 0.25) is 0 Å². The van der Waals surface area contributed by atoms with Gasteiger partial charge in [-0.2, -0.15) is 0 Å². The van der Waals surface area contributed by atoms with Gasteiger partial charge in [0.05, 0.1) is 15.3 Å². The third kappa shape index (κ3) is 3.52. The Kier molecular flexibility index (Phi) is 4.52. The molecule has 0 unspecified atom stereocenters. The zero-order valence-corrected chi connectivity index (χ0v) is 12.1. The predicted molar refractivity (Wildman–Crippen MR) is 75.4 cm³/mol. The Morgan fingerprint density at radius 2 is 2.16 bits per heavy atom. The van der Waals surface area contributed by atoms with Crippen molar-refractivity contribution in [2.75, 3.05) is 0 Å². The highest BCUT2D eigenvalue weighted by atomic mass is 79.9. The molecule has 0 spiro atoms. The van der Waals surface area contributed by atoms with Crippen molar-refractivity contribution in [3.05, 3.63) is 54.7 Å². The monoisotopic (exact) mass is 343 g/mol. The minimum absolute atomic E-state index is 0.104. The van der Waals surface area contributed by atoms with E-state index >= 15 is 0 Å². The minimum Gasteiger partial charge on any atom is -0.481 e. The molecule has 100 valence electrons. The summed E-state index contributed by atoms with van der Waals surface area (Å²) in [4.78, 5) is 11.4. The molecule has 0 atom stereocenters. The second-order valence-electron chi connectivity index (χ2n) is 3.71. The van der Waals surface area contributed by atoms with E-state index in [1.54, 1.807) is 0 Å². The van der Waals surface area contributed by atoms with Gasteiger partial charge >= 0.3 is 5.69 Å². The van der Waals surface area contributed by atoms with Gasteiger partial charge in [-0.3, -0.25) is 10.1 Å². The SMILES string of the molecule is O=[N+]([O-])c1ccc(CO)cc1OCc1ccc(Br)s1. The molecule has 1 aromatic heterocycles. The average molecular weight is 344 g/mol. The van der Waals surface area contributed by atoms with Crippen molar-refractivity contribution >= 4 is 33.0 Å². The Morgan fingerprint density at radius 1 is 1.37 bits per heavy atom. The van der Waals surface area contributed by atoms with Crippen molar-refractivity contribution in [3.63, 3.8) is 0 Å². The molecule has 0 radical (unpaired) electrons. The second-order valence-corrected chi connectivity index (χ2v) is 6.26. The molecule has 0 aliphatic carbocycles. The van der Waals surface area contributed by atoms with Crippen LogP contribution in [0, 0.1) is 10.1 Å². The van der Waals surface area contributed by atoms with Gasteiger partial charge in [0, 0.05) is 10.9 Å². The Balaban J connectivity index is 2.19. The van der Waals surface area contributed by atoms with Crippen LogP contribution in [0.15, 0.2) is 34.1 Å². The Labute approximate surface area is 121 Å². The summed E-state index contributed by atoms with van der Waals surface area (Å²) >= 11 is 4.84. The summed E-state index contributed by atoms with van der Waals surface area (Å²) < 4.78 is 6.45. The maximum atomic E-state index is 10.9. The van der Waals surface area contributed by atoms with E-state index in [2.05, 4.69) is 15.9 Å². The highest BCUT2D eigenvalue weighted by molar-refractivity contribution is 9.11. The minimum atomic E-state index is -0.499. The highest BCUT2D eigenvalue weighted by Gasteiger charge is 2.15. The molecule has 19 heavy (non-hydrogen) atoms. The van der Waals surface area contributed by atoms with Crippen LogP contribution < -0.4 is 4.74 Å². The molecule has 0 amide bonds. The number of nitro groups is 1. The molecule has 2 aromatic rings. The first-order valence-electron chi connectivity index (χ1n) is 5.35. The molecule has 1 N–H and O–H groups in total. The molecule has 1 aromatic carbocycles. The van der Waals surface area contributed by atoms with Crippen LogP contribution in [0.5, 0.6) is 5.75 Å². The number of thiophene rings is 1. The summed E-state index contributed by atoms with van der Waals surface area (Å²) in [7, 11) is 0. The molecular weight excluding hydrogens is 334 g/mol. The normalized spacial score (nSPS) is 10.4. The molecule has 0 fully saturated rings. The van der Waals surface area contributed by atoms with Gasteiger partial charge < -0.3 is 9.84 Å². The van der Waals surface area contributed by atoms with Gasteiger partial charge in [0.15, 0.2) is 5.75 Å². The fourth-order valence-electron chi connectivity index (χ4n) is 1.50. The molecular formula is C12H10BrNO4S. The highest BCUT2D eigenvalue weighted by Crippen LogP contribution is 2.30. The molecule has 0 saturated carbocycles. The first-order chi connectivity index (χ1) is 9.10. The van der Waals surface area contributed by atoms with Crippen LogP contribution in [0.4, 0.5) is 5.69 Å². The van der Waals surface area contributed by atoms with Crippen molar-refractivity contribution in [2.45, 2.75) is 13.2 Å². The third-order valence-electron chi connectivity index (χ3n) is 2.40. The summed E-state index contributed by atoms with van der Waals surface area (Å²) in [6.45, 7) is 0.0743.